The summed E-state index contributed by atoms with van der Waals surface area (Å²) in [6.45, 7) is 0. The van der Waals surface area contributed by atoms with E-state index < -0.39 is 0 Å². The van der Waals surface area contributed by atoms with Gasteiger partial charge in [-0.25, -0.2) is 0 Å². The standard InChI is InChI=1S/C2H5NS2.Na.H/c1-3-5-2-4;;/h2-3H,1H3;;. The first-order chi connectivity index (χ1) is 2.41. The third kappa shape index (κ3) is 9.04. The van der Waals surface area contributed by atoms with Crippen LogP contribution in [0.4, 0.5) is 0 Å². The molecule has 1 nitrogen and oxygen atoms in total. The minimum atomic E-state index is 0. The zero-order valence-electron chi connectivity index (χ0n) is 2.89. The predicted octanol–water partition coefficient (Wildman–Crippen LogP) is 0.163. The molecule has 0 atom stereocenters. The average molecular weight is 131 g/mol. The molecule has 0 spiro atoms. The molecule has 0 amide bonds. The van der Waals surface area contributed by atoms with Crippen LogP contribution in [0.15, 0.2) is 0 Å². The first-order valence-electron chi connectivity index (χ1n) is 1.18. The molecule has 0 bridgehead atoms. The van der Waals surface area contributed by atoms with Crippen LogP contribution in [0.3, 0.4) is 0 Å². The van der Waals surface area contributed by atoms with Crippen LogP contribution in [0.1, 0.15) is 0 Å². The number of rotatable bonds is 2. The van der Waals surface area contributed by atoms with Gasteiger partial charge >= 0.3 is 29.6 Å². The van der Waals surface area contributed by atoms with Crippen LogP contribution in [0.5, 0.6) is 0 Å². The van der Waals surface area contributed by atoms with Gasteiger partial charge in [0.1, 0.15) is 0 Å². The van der Waals surface area contributed by atoms with Crippen LogP contribution >= 0.6 is 24.2 Å². The van der Waals surface area contributed by atoms with Crippen molar-refractivity contribution in [2.24, 2.45) is 0 Å². The Morgan fingerprint density at radius 3 is 2.33 bits per heavy atom. The second kappa shape index (κ2) is 9.64. The van der Waals surface area contributed by atoms with E-state index in [4.69, 9.17) is 0 Å². The molecular weight excluding hydrogens is 125 g/mol. The summed E-state index contributed by atoms with van der Waals surface area (Å²) in [4.78, 5) is 0. The van der Waals surface area contributed by atoms with E-state index in [0.717, 1.165) is 0 Å². The van der Waals surface area contributed by atoms with Gasteiger partial charge in [-0.15, -0.1) is 0 Å². The van der Waals surface area contributed by atoms with Crippen LogP contribution in [-0.2, 0) is 0 Å². The normalized spacial score (nSPS) is 6.17. The van der Waals surface area contributed by atoms with Crippen molar-refractivity contribution >= 4 is 58.4 Å². The molecule has 0 aliphatic carbocycles. The molecule has 0 radical (unpaired) electrons. The Balaban J connectivity index is 0. The molecule has 0 rings (SSSR count). The number of hydrogen-bond donors (Lipinski definition) is 1. The Bertz CT molecular complexity index is 32.7. The van der Waals surface area contributed by atoms with Crippen molar-refractivity contribution < 1.29 is 0 Å². The van der Waals surface area contributed by atoms with Crippen LogP contribution in [0.2, 0.25) is 0 Å². The first-order valence-corrected chi connectivity index (χ1v) is 2.53. The summed E-state index contributed by atoms with van der Waals surface area (Å²) in [5, 5.41) is 0. The van der Waals surface area contributed by atoms with Crippen molar-refractivity contribution in [1.29, 1.82) is 0 Å². The summed E-state index contributed by atoms with van der Waals surface area (Å²) in [6, 6.07) is 0. The fraction of sp³-hybridized carbons (Fsp3) is 0.500. The molecule has 0 aliphatic heterocycles. The maximum absolute atomic E-state index is 4.43. The summed E-state index contributed by atoms with van der Waals surface area (Å²) < 4.78 is 4.34. The van der Waals surface area contributed by atoms with Gasteiger partial charge in [-0.05, 0) is 19.0 Å². The molecule has 0 unspecified atom stereocenters. The van der Waals surface area contributed by atoms with Crippen LogP contribution in [-0.4, -0.2) is 41.3 Å². The summed E-state index contributed by atoms with van der Waals surface area (Å²) in [5.74, 6) is 0. The Kier molecular flexibility index (Phi) is 16.7. The van der Waals surface area contributed by atoms with Gasteiger partial charge in [-0.3, -0.25) is 4.72 Å². The molecule has 0 aromatic heterocycles. The van der Waals surface area contributed by atoms with Gasteiger partial charge in [-0.1, -0.05) is 12.2 Å². The van der Waals surface area contributed by atoms with Crippen molar-refractivity contribution in [2.45, 2.75) is 0 Å². The zero-order chi connectivity index (χ0) is 4.12. The van der Waals surface area contributed by atoms with Gasteiger partial charge in [0.25, 0.3) is 0 Å². The minimum absolute atomic E-state index is 0. The second-order valence-electron chi connectivity index (χ2n) is 0.418. The fourth-order valence-electron chi connectivity index (χ4n) is 0.0481. The molecule has 0 aromatic carbocycles. The van der Waals surface area contributed by atoms with Gasteiger partial charge < -0.3 is 0 Å². The quantitative estimate of drug-likeness (QED) is 0.326. The van der Waals surface area contributed by atoms with Crippen molar-refractivity contribution in [3.8, 4) is 0 Å². The van der Waals surface area contributed by atoms with Crippen molar-refractivity contribution in [3.63, 3.8) is 0 Å². The first kappa shape index (κ1) is 10.4. The van der Waals surface area contributed by atoms with Gasteiger partial charge in [-0.2, -0.15) is 0 Å². The molecule has 0 fully saturated rings. The average Bonchev–Trinajstić information content (AvgIpc) is 1.41. The third-order valence-electron chi connectivity index (χ3n) is 0.166. The topological polar surface area (TPSA) is 12.0 Å². The molecular formula is C2H6NNaS2. The van der Waals surface area contributed by atoms with Gasteiger partial charge in [0.2, 0.25) is 0 Å². The van der Waals surface area contributed by atoms with Crippen molar-refractivity contribution in [1.82, 2.24) is 4.72 Å². The molecule has 0 aliphatic rings. The molecule has 0 heterocycles. The van der Waals surface area contributed by atoms with E-state index in [9.17, 15) is 0 Å². The van der Waals surface area contributed by atoms with E-state index in [1.165, 1.54) is 11.9 Å². The van der Waals surface area contributed by atoms with Gasteiger partial charge in [0.05, 0.1) is 0 Å². The molecule has 6 heavy (non-hydrogen) atoms. The molecule has 0 aromatic rings. The van der Waals surface area contributed by atoms with Gasteiger partial charge in [0, 0.05) is 4.70 Å². The number of thiocarbonyl (C=S) groups is 1. The monoisotopic (exact) mass is 131 g/mol. The Morgan fingerprint density at radius 2 is 2.33 bits per heavy atom. The van der Waals surface area contributed by atoms with Gasteiger partial charge in [0.15, 0.2) is 0 Å². The van der Waals surface area contributed by atoms with E-state index in [2.05, 4.69) is 16.9 Å². The number of hydrogen-bond acceptors (Lipinski definition) is 3. The SMILES string of the molecule is CNSC=S.[NaH]. The molecule has 0 saturated heterocycles. The second-order valence-corrected chi connectivity index (χ2v) is 1.83. The molecule has 0 saturated carbocycles. The number of nitrogens with one attached hydrogen (secondary N) is 1. The Hall–Kier alpha value is 1.40. The predicted molar refractivity (Wildman–Crippen MR) is 37.5 cm³/mol. The summed E-state index contributed by atoms with van der Waals surface area (Å²) in [7, 11) is 1.83. The van der Waals surface area contributed by atoms with Crippen molar-refractivity contribution in [2.75, 3.05) is 7.05 Å². The summed E-state index contributed by atoms with van der Waals surface area (Å²) >= 11 is 5.83. The Labute approximate surface area is 69.7 Å². The van der Waals surface area contributed by atoms with Crippen LogP contribution in [0.25, 0.3) is 0 Å². The van der Waals surface area contributed by atoms with E-state index in [-0.39, 0.29) is 29.6 Å². The van der Waals surface area contributed by atoms with E-state index >= 15 is 0 Å². The fourth-order valence-corrected chi connectivity index (χ4v) is 0.433. The maximum atomic E-state index is 4.43. The third-order valence-corrected chi connectivity index (χ3v) is 0.787. The summed E-state index contributed by atoms with van der Waals surface area (Å²) in [6.07, 6.45) is 0. The molecule has 32 valence electrons. The van der Waals surface area contributed by atoms with E-state index in [1.54, 1.807) is 4.70 Å². The van der Waals surface area contributed by atoms with E-state index in [1.807, 2.05) is 7.05 Å². The van der Waals surface area contributed by atoms with Crippen LogP contribution in [0, 0.1) is 0 Å². The zero-order valence-corrected chi connectivity index (χ0v) is 4.53. The van der Waals surface area contributed by atoms with Crippen LogP contribution < -0.4 is 4.72 Å². The Morgan fingerprint density at radius 1 is 1.83 bits per heavy atom. The van der Waals surface area contributed by atoms with E-state index in [0.29, 0.717) is 0 Å². The van der Waals surface area contributed by atoms with Crippen molar-refractivity contribution in [3.05, 3.63) is 0 Å². The molecule has 1 N–H and O–H groups in total. The summed E-state index contributed by atoms with van der Waals surface area (Å²) in [5.41, 5.74) is 0. The molecule has 4 heteroatoms.